The lowest BCUT2D eigenvalue weighted by atomic mass is 10.1. The van der Waals surface area contributed by atoms with Gasteiger partial charge in [-0.1, -0.05) is 6.07 Å². The smallest absolute Gasteiger partial charge is 0.124 e. The van der Waals surface area contributed by atoms with Crippen LogP contribution in [0, 0.1) is 5.82 Å². The number of benzene rings is 1. The second-order valence-electron chi connectivity index (χ2n) is 4.06. The van der Waals surface area contributed by atoms with Crippen LogP contribution in [0.3, 0.4) is 0 Å². The summed E-state index contributed by atoms with van der Waals surface area (Å²) >= 11 is 1.64. The highest BCUT2D eigenvalue weighted by Crippen LogP contribution is 2.47. The van der Waals surface area contributed by atoms with Gasteiger partial charge in [-0.25, -0.2) is 4.39 Å². The summed E-state index contributed by atoms with van der Waals surface area (Å²) in [6.07, 6.45) is 2.52. The average molecular weight is 221 g/mol. The maximum Gasteiger partial charge on any atom is 0.124 e. The molecule has 1 heterocycles. The van der Waals surface area contributed by atoms with E-state index in [0.29, 0.717) is 12.5 Å². The number of rotatable bonds is 2. The number of fused-ring (bicyclic) bond motifs is 1. The van der Waals surface area contributed by atoms with E-state index in [1.165, 1.54) is 28.7 Å². The van der Waals surface area contributed by atoms with E-state index in [1.54, 1.807) is 23.5 Å². The fraction of sp³-hybridized carbons (Fsp3) is 0.333. The van der Waals surface area contributed by atoms with Crippen LogP contribution in [0.15, 0.2) is 18.2 Å². The lowest BCUT2D eigenvalue weighted by molar-refractivity contribution is 0.630. The Morgan fingerprint density at radius 1 is 1.40 bits per heavy atom. The second kappa shape index (κ2) is 3.29. The Morgan fingerprint density at radius 3 is 2.87 bits per heavy atom. The highest BCUT2D eigenvalue weighted by atomic mass is 32.1. The zero-order valence-corrected chi connectivity index (χ0v) is 9.11. The molecule has 0 atom stereocenters. The van der Waals surface area contributed by atoms with E-state index in [9.17, 15) is 4.39 Å². The lowest BCUT2D eigenvalue weighted by Gasteiger charge is -1.99. The van der Waals surface area contributed by atoms with Gasteiger partial charge < -0.3 is 5.73 Å². The average Bonchev–Trinajstić information content (AvgIpc) is 2.99. The molecule has 0 saturated heterocycles. The molecule has 1 aliphatic carbocycles. The van der Waals surface area contributed by atoms with E-state index in [2.05, 4.69) is 0 Å². The molecule has 78 valence electrons. The first kappa shape index (κ1) is 9.31. The molecule has 2 N–H and O–H groups in total. The van der Waals surface area contributed by atoms with E-state index < -0.39 is 0 Å². The van der Waals surface area contributed by atoms with Gasteiger partial charge in [-0.3, -0.25) is 0 Å². The first-order chi connectivity index (χ1) is 7.29. The minimum atomic E-state index is -0.158. The zero-order valence-electron chi connectivity index (χ0n) is 8.29. The van der Waals surface area contributed by atoms with Gasteiger partial charge in [0.05, 0.1) is 0 Å². The molecule has 0 bridgehead atoms. The summed E-state index contributed by atoms with van der Waals surface area (Å²) in [7, 11) is 0. The summed E-state index contributed by atoms with van der Waals surface area (Å²) < 4.78 is 14.1. The van der Waals surface area contributed by atoms with Crippen LogP contribution in [-0.2, 0) is 6.54 Å². The van der Waals surface area contributed by atoms with E-state index in [-0.39, 0.29) is 5.82 Å². The molecular weight excluding hydrogens is 209 g/mol. The van der Waals surface area contributed by atoms with Crippen molar-refractivity contribution in [3.63, 3.8) is 0 Å². The number of halogens is 1. The van der Waals surface area contributed by atoms with E-state index >= 15 is 0 Å². The highest BCUT2D eigenvalue weighted by Gasteiger charge is 2.29. The minimum Gasteiger partial charge on any atom is -0.326 e. The Hall–Kier alpha value is -0.930. The number of thiophene rings is 1. The van der Waals surface area contributed by atoms with Gasteiger partial charge in [-0.15, -0.1) is 11.3 Å². The van der Waals surface area contributed by atoms with Gasteiger partial charge in [0.15, 0.2) is 0 Å². The summed E-state index contributed by atoms with van der Waals surface area (Å²) in [5.41, 5.74) is 7.12. The molecule has 0 spiro atoms. The number of hydrogen-bond acceptors (Lipinski definition) is 2. The number of hydrogen-bond donors (Lipinski definition) is 1. The van der Waals surface area contributed by atoms with Crippen molar-refractivity contribution in [2.75, 3.05) is 0 Å². The molecule has 1 nitrogen and oxygen atoms in total. The van der Waals surface area contributed by atoms with Gasteiger partial charge in [-0.05, 0) is 41.8 Å². The third-order valence-corrected chi connectivity index (χ3v) is 4.13. The molecule has 1 fully saturated rings. The Labute approximate surface area is 91.7 Å². The molecule has 1 aromatic carbocycles. The van der Waals surface area contributed by atoms with Gasteiger partial charge in [-0.2, -0.15) is 0 Å². The fourth-order valence-corrected chi connectivity index (χ4v) is 3.31. The van der Waals surface area contributed by atoms with Crippen molar-refractivity contribution in [3.8, 4) is 0 Å². The summed E-state index contributed by atoms with van der Waals surface area (Å²) in [6, 6.07) is 5.06. The number of nitrogens with two attached hydrogens (primary N) is 1. The normalized spacial score (nSPS) is 16.1. The van der Waals surface area contributed by atoms with Crippen molar-refractivity contribution >= 4 is 21.4 Å². The zero-order chi connectivity index (χ0) is 10.4. The molecular formula is C12H12FNS. The molecule has 2 aromatic rings. The molecule has 3 rings (SSSR count). The summed E-state index contributed by atoms with van der Waals surface area (Å²) in [5.74, 6) is 0.525. The van der Waals surface area contributed by atoms with Crippen LogP contribution in [0.2, 0.25) is 0 Å². The Kier molecular flexibility index (Phi) is 2.04. The fourth-order valence-electron chi connectivity index (χ4n) is 2.11. The molecule has 0 radical (unpaired) electrons. The van der Waals surface area contributed by atoms with Crippen LogP contribution in [0.5, 0.6) is 0 Å². The van der Waals surface area contributed by atoms with Crippen LogP contribution < -0.4 is 5.73 Å². The molecule has 15 heavy (non-hydrogen) atoms. The third kappa shape index (κ3) is 1.46. The van der Waals surface area contributed by atoms with Gasteiger partial charge in [0, 0.05) is 16.1 Å². The standard InChI is InChI=1S/C12H12FNS/c13-8-3-4-9-10(5-8)15-11(6-14)12(9)7-1-2-7/h3-5,7H,1-2,6,14H2. The van der Waals surface area contributed by atoms with Crippen LogP contribution in [-0.4, -0.2) is 0 Å². The maximum absolute atomic E-state index is 13.1. The molecule has 0 unspecified atom stereocenters. The van der Waals surface area contributed by atoms with E-state index in [0.717, 1.165) is 4.70 Å². The van der Waals surface area contributed by atoms with Crippen molar-refractivity contribution in [2.45, 2.75) is 25.3 Å². The first-order valence-corrected chi connectivity index (χ1v) is 6.02. The second-order valence-corrected chi connectivity index (χ2v) is 5.19. The van der Waals surface area contributed by atoms with Crippen molar-refractivity contribution in [2.24, 2.45) is 5.73 Å². The minimum absolute atomic E-state index is 0.158. The van der Waals surface area contributed by atoms with Crippen LogP contribution >= 0.6 is 11.3 Å². The van der Waals surface area contributed by atoms with Crippen molar-refractivity contribution in [1.29, 1.82) is 0 Å². The van der Waals surface area contributed by atoms with E-state index in [1.807, 2.05) is 6.07 Å². The predicted molar refractivity (Wildman–Crippen MR) is 61.6 cm³/mol. The van der Waals surface area contributed by atoms with Gasteiger partial charge in [0.1, 0.15) is 5.82 Å². The lowest BCUT2D eigenvalue weighted by Crippen LogP contribution is -1.96. The quantitative estimate of drug-likeness (QED) is 0.826. The van der Waals surface area contributed by atoms with Crippen molar-refractivity contribution < 1.29 is 4.39 Å². The maximum atomic E-state index is 13.1. The largest absolute Gasteiger partial charge is 0.326 e. The van der Waals surface area contributed by atoms with Crippen molar-refractivity contribution in [1.82, 2.24) is 0 Å². The highest BCUT2D eigenvalue weighted by molar-refractivity contribution is 7.19. The summed E-state index contributed by atoms with van der Waals surface area (Å²) in [6.45, 7) is 0.576. The Morgan fingerprint density at radius 2 is 2.20 bits per heavy atom. The Balaban J connectivity index is 2.28. The molecule has 1 saturated carbocycles. The first-order valence-electron chi connectivity index (χ1n) is 5.20. The monoisotopic (exact) mass is 221 g/mol. The molecule has 0 aliphatic heterocycles. The summed E-state index contributed by atoms with van der Waals surface area (Å²) in [5, 5.41) is 1.21. The van der Waals surface area contributed by atoms with Gasteiger partial charge >= 0.3 is 0 Å². The topological polar surface area (TPSA) is 26.0 Å². The SMILES string of the molecule is NCc1sc2cc(F)ccc2c1C1CC1. The molecule has 0 amide bonds. The predicted octanol–water partition coefficient (Wildman–Crippen LogP) is 3.38. The van der Waals surface area contributed by atoms with Gasteiger partial charge in [0.2, 0.25) is 0 Å². The molecule has 3 heteroatoms. The van der Waals surface area contributed by atoms with E-state index in [4.69, 9.17) is 5.73 Å². The van der Waals surface area contributed by atoms with Crippen LogP contribution in [0.4, 0.5) is 4.39 Å². The summed E-state index contributed by atoms with van der Waals surface area (Å²) in [4.78, 5) is 1.23. The third-order valence-electron chi connectivity index (χ3n) is 2.94. The Bertz CT molecular complexity index is 514. The molecule has 1 aromatic heterocycles. The molecule has 1 aliphatic rings. The van der Waals surface area contributed by atoms with Crippen LogP contribution in [0.25, 0.3) is 10.1 Å². The van der Waals surface area contributed by atoms with Crippen molar-refractivity contribution in [3.05, 3.63) is 34.5 Å². The van der Waals surface area contributed by atoms with Crippen LogP contribution in [0.1, 0.15) is 29.2 Å². The van der Waals surface area contributed by atoms with Gasteiger partial charge in [0.25, 0.3) is 0 Å².